The van der Waals surface area contributed by atoms with E-state index in [9.17, 15) is 24.6 Å². The third kappa shape index (κ3) is 2.25. The van der Waals surface area contributed by atoms with Crippen LogP contribution in [0.4, 0.5) is 0 Å². The number of esters is 1. The minimum atomic E-state index is -1.33. The van der Waals surface area contributed by atoms with Crippen LogP contribution in [0.1, 0.15) is 53.4 Å². The first-order chi connectivity index (χ1) is 12.9. The summed E-state index contributed by atoms with van der Waals surface area (Å²) in [6, 6.07) is 0. The van der Waals surface area contributed by atoms with Gasteiger partial charge in [-0.25, -0.2) is 0 Å². The number of ketones is 2. The molecule has 0 bridgehead atoms. The van der Waals surface area contributed by atoms with Crippen molar-refractivity contribution in [2.75, 3.05) is 0 Å². The van der Waals surface area contributed by atoms with Gasteiger partial charge in [0.1, 0.15) is 12.2 Å². The molecule has 7 atom stereocenters. The summed E-state index contributed by atoms with van der Waals surface area (Å²) >= 11 is 0. The van der Waals surface area contributed by atoms with Crippen LogP contribution in [0.3, 0.4) is 0 Å². The standard InChI is InChI=1S/C22H28O6/c1-10-9-22(10)18(25)13-8-14(28-12(3)23)15-11(2)21(5,27)7-6-20(15,4)16(13)17(24)19(22)26/h10,14-15,19,26-27H,2,6-9H2,1,3-5H3. The molecule has 0 aliphatic heterocycles. The molecule has 0 heterocycles. The monoisotopic (exact) mass is 388 g/mol. The van der Waals surface area contributed by atoms with Crippen LogP contribution in [-0.2, 0) is 19.1 Å². The van der Waals surface area contributed by atoms with Gasteiger partial charge in [0.15, 0.2) is 11.6 Å². The second-order valence-electron chi connectivity index (χ2n) is 9.64. The van der Waals surface area contributed by atoms with Crippen molar-refractivity contribution in [3.63, 3.8) is 0 Å². The highest BCUT2D eigenvalue weighted by atomic mass is 16.5. The highest BCUT2D eigenvalue weighted by molar-refractivity contribution is 6.19. The molecule has 0 aromatic rings. The first-order valence-corrected chi connectivity index (χ1v) is 9.97. The SMILES string of the molecule is C=C1C2C(OC(C)=O)CC3=C(C(=O)C(O)C4(CC4C)C3=O)C2(C)CCC1(C)O. The molecule has 4 aliphatic carbocycles. The number of aliphatic hydroxyl groups is 2. The van der Waals surface area contributed by atoms with Crippen molar-refractivity contribution in [3.8, 4) is 0 Å². The van der Waals surface area contributed by atoms with Crippen molar-refractivity contribution in [1.82, 2.24) is 0 Å². The van der Waals surface area contributed by atoms with Crippen LogP contribution in [-0.4, -0.2) is 45.6 Å². The molecule has 4 rings (SSSR count). The van der Waals surface area contributed by atoms with Crippen LogP contribution in [0, 0.1) is 22.7 Å². The van der Waals surface area contributed by atoms with E-state index in [1.165, 1.54) is 6.92 Å². The minimum Gasteiger partial charge on any atom is -0.462 e. The summed E-state index contributed by atoms with van der Waals surface area (Å²) in [5.41, 5.74) is -1.71. The first kappa shape index (κ1) is 19.5. The molecule has 6 nitrogen and oxygen atoms in total. The second-order valence-corrected chi connectivity index (χ2v) is 9.64. The number of carbonyl (C=O) groups is 3. The number of rotatable bonds is 1. The predicted molar refractivity (Wildman–Crippen MR) is 100 cm³/mol. The number of hydrogen-bond acceptors (Lipinski definition) is 6. The summed E-state index contributed by atoms with van der Waals surface area (Å²) in [6.07, 6.45) is -0.563. The lowest BCUT2D eigenvalue weighted by atomic mass is 9.50. The Hall–Kier alpha value is -1.79. The zero-order valence-corrected chi connectivity index (χ0v) is 16.9. The molecule has 0 aromatic heterocycles. The summed E-state index contributed by atoms with van der Waals surface area (Å²) < 4.78 is 5.59. The molecule has 0 saturated heterocycles. The van der Waals surface area contributed by atoms with Gasteiger partial charge >= 0.3 is 5.97 Å². The van der Waals surface area contributed by atoms with Crippen molar-refractivity contribution < 1.29 is 29.3 Å². The van der Waals surface area contributed by atoms with Crippen molar-refractivity contribution in [3.05, 3.63) is 23.3 Å². The van der Waals surface area contributed by atoms with E-state index in [-0.39, 0.29) is 23.9 Å². The van der Waals surface area contributed by atoms with Crippen molar-refractivity contribution in [2.45, 2.75) is 71.2 Å². The summed E-state index contributed by atoms with van der Waals surface area (Å²) in [7, 11) is 0. The quantitative estimate of drug-likeness (QED) is 0.525. The number of hydrogen-bond donors (Lipinski definition) is 2. The van der Waals surface area contributed by atoms with Crippen LogP contribution in [0.25, 0.3) is 0 Å². The summed E-state index contributed by atoms with van der Waals surface area (Å²) in [5, 5.41) is 21.6. The molecule has 7 unspecified atom stereocenters. The Morgan fingerprint density at radius 1 is 1.25 bits per heavy atom. The molecular formula is C22H28O6. The lowest BCUT2D eigenvalue weighted by Gasteiger charge is -2.55. The van der Waals surface area contributed by atoms with Crippen molar-refractivity contribution in [2.24, 2.45) is 22.7 Å². The zero-order chi connectivity index (χ0) is 20.8. The fourth-order valence-electron chi connectivity index (χ4n) is 6.10. The van der Waals surface area contributed by atoms with Crippen LogP contribution in [0.5, 0.6) is 0 Å². The lowest BCUT2D eigenvalue weighted by molar-refractivity contribution is -0.156. The molecule has 0 amide bonds. The normalized spacial score (nSPS) is 47.7. The number of carbonyl (C=O) groups excluding carboxylic acids is 3. The van der Waals surface area contributed by atoms with E-state index in [2.05, 4.69) is 6.58 Å². The van der Waals surface area contributed by atoms with Gasteiger partial charge in [-0.1, -0.05) is 20.4 Å². The minimum absolute atomic E-state index is 0.0484. The van der Waals surface area contributed by atoms with E-state index < -0.39 is 40.5 Å². The van der Waals surface area contributed by atoms with Crippen LogP contribution >= 0.6 is 0 Å². The van der Waals surface area contributed by atoms with E-state index in [0.29, 0.717) is 36.0 Å². The Kier molecular flexibility index (Phi) is 3.93. The summed E-state index contributed by atoms with van der Waals surface area (Å²) in [6.45, 7) is 10.8. The predicted octanol–water partition coefficient (Wildman–Crippen LogP) is 1.88. The van der Waals surface area contributed by atoms with E-state index in [4.69, 9.17) is 4.74 Å². The molecule has 4 aliphatic rings. The maximum atomic E-state index is 13.4. The fourth-order valence-corrected chi connectivity index (χ4v) is 6.10. The van der Waals surface area contributed by atoms with E-state index in [1.807, 2.05) is 13.8 Å². The van der Waals surface area contributed by atoms with E-state index >= 15 is 0 Å². The zero-order valence-electron chi connectivity index (χ0n) is 16.9. The average Bonchev–Trinajstić information content (AvgIpc) is 3.27. The summed E-state index contributed by atoms with van der Waals surface area (Å²) in [5.74, 6) is -1.58. The Morgan fingerprint density at radius 3 is 2.39 bits per heavy atom. The topological polar surface area (TPSA) is 101 Å². The van der Waals surface area contributed by atoms with Crippen LogP contribution in [0.15, 0.2) is 23.3 Å². The molecule has 28 heavy (non-hydrogen) atoms. The van der Waals surface area contributed by atoms with Gasteiger partial charge in [0.25, 0.3) is 0 Å². The van der Waals surface area contributed by atoms with Gasteiger partial charge in [-0.05, 0) is 37.7 Å². The first-order valence-electron chi connectivity index (χ1n) is 9.97. The Bertz CT molecular complexity index is 851. The van der Waals surface area contributed by atoms with Gasteiger partial charge in [0.05, 0.1) is 11.0 Å². The summed E-state index contributed by atoms with van der Waals surface area (Å²) in [4.78, 5) is 38.5. The second kappa shape index (κ2) is 5.63. The van der Waals surface area contributed by atoms with Gasteiger partial charge in [-0.3, -0.25) is 14.4 Å². The number of ether oxygens (including phenoxy) is 1. The van der Waals surface area contributed by atoms with E-state index in [0.717, 1.165) is 0 Å². The van der Waals surface area contributed by atoms with Crippen molar-refractivity contribution in [1.29, 1.82) is 0 Å². The number of aliphatic hydroxyl groups excluding tert-OH is 1. The third-order valence-corrected chi connectivity index (χ3v) is 7.89. The smallest absolute Gasteiger partial charge is 0.302 e. The maximum Gasteiger partial charge on any atom is 0.302 e. The molecule has 0 aromatic carbocycles. The molecule has 2 N–H and O–H groups in total. The Balaban J connectivity index is 1.90. The van der Waals surface area contributed by atoms with Gasteiger partial charge in [-0.2, -0.15) is 0 Å². The molecule has 0 radical (unpaired) electrons. The molecule has 6 heteroatoms. The average molecular weight is 388 g/mol. The molecular weight excluding hydrogens is 360 g/mol. The van der Waals surface area contributed by atoms with Gasteiger partial charge in [0.2, 0.25) is 0 Å². The highest BCUT2D eigenvalue weighted by Gasteiger charge is 2.70. The molecule has 152 valence electrons. The van der Waals surface area contributed by atoms with Gasteiger partial charge in [-0.15, -0.1) is 0 Å². The third-order valence-electron chi connectivity index (χ3n) is 7.89. The molecule has 2 saturated carbocycles. The maximum absolute atomic E-state index is 13.4. The number of fused-ring (bicyclic) bond motifs is 2. The lowest BCUT2D eigenvalue weighted by Crippen LogP contribution is -2.58. The largest absolute Gasteiger partial charge is 0.462 e. The van der Waals surface area contributed by atoms with Crippen LogP contribution < -0.4 is 0 Å². The highest BCUT2D eigenvalue weighted by Crippen LogP contribution is 2.65. The van der Waals surface area contributed by atoms with Gasteiger partial charge in [0, 0.05) is 35.8 Å². The van der Waals surface area contributed by atoms with Crippen LogP contribution in [0.2, 0.25) is 0 Å². The fraction of sp³-hybridized carbons (Fsp3) is 0.682. The Morgan fingerprint density at radius 2 is 1.86 bits per heavy atom. The molecule has 2 fully saturated rings. The molecule has 1 spiro atoms. The number of Topliss-reactive ketones (excluding diaryl/α,β-unsaturated/α-hetero) is 2. The van der Waals surface area contributed by atoms with Gasteiger partial charge < -0.3 is 14.9 Å². The Labute approximate surface area is 164 Å². The van der Waals surface area contributed by atoms with Crippen molar-refractivity contribution >= 4 is 17.5 Å². The van der Waals surface area contributed by atoms with E-state index in [1.54, 1.807) is 6.92 Å².